The predicted molar refractivity (Wildman–Crippen MR) is 66.1 cm³/mol. The Labute approximate surface area is 107 Å². The van der Waals surface area contributed by atoms with Crippen LogP contribution < -0.4 is 0 Å². The number of ether oxygens (including phenoxy) is 1. The van der Waals surface area contributed by atoms with Gasteiger partial charge in [0.25, 0.3) is 0 Å². The molecule has 6 heteroatoms. The van der Waals surface area contributed by atoms with Crippen molar-refractivity contribution >= 4 is 27.7 Å². The van der Waals surface area contributed by atoms with Crippen LogP contribution in [0, 0.1) is 0 Å². The molecule has 90 valence electrons. The lowest BCUT2D eigenvalue weighted by molar-refractivity contribution is -0.140. The maximum absolute atomic E-state index is 11.6. The summed E-state index contributed by atoms with van der Waals surface area (Å²) in [6, 6.07) is 0. The van der Waals surface area contributed by atoms with E-state index in [0.717, 1.165) is 4.48 Å². The summed E-state index contributed by atoms with van der Waals surface area (Å²) in [5.41, 5.74) is 0.131. The Morgan fingerprint density at radius 3 is 3.18 bits per heavy atom. The SMILES string of the molecule is CCOC(=O)C1=CN=C2C=C(Br)C=CN2[C@H]1O. The number of nitrogens with zero attached hydrogens (tertiary/aromatic N) is 2. The van der Waals surface area contributed by atoms with Gasteiger partial charge in [0.1, 0.15) is 11.4 Å². The van der Waals surface area contributed by atoms with Gasteiger partial charge in [-0.15, -0.1) is 0 Å². The van der Waals surface area contributed by atoms with Crippen LogP contribution in [-0.4, -0.2) is 34.6 Å². The van der Waals surface area contributed by atoms with Gasteiger partial charge in [0.2, 0.25) is 0 Å². The van der Waals surface area contributed by atoms with Gasteiger partial charge in [-0.25, -0.2) is 9.79 Å². The van der Waals surface area contributed by atoms with Crippen molar-refractivity contribution in [2.45, 2.75) is 13.2 Å². The summed E-state index contributed by atoms with van der Waals surface area (Å²) in [5.74, 6) is 0.0183. The van der Waals surface area contributed by atoms with Gasteiger partial charge in [0.15, 0.2) is 6.23 Å². The Balaban J connectivity index is 2.28. The summed E-state index contributed by atoms with van der Waals surface area (Å²) >= 11 is 3.31. The van der Waals surface area contributed by atoms with Crippen LogP contribution in [0.3, 0.4) is 0 Å². The minimum Gasteiger partial charge on any atom is -0.462 e. The molecule has 0 saturated carbocycles. The third kappa shape index (κ3) is 2.32. The Bertz CT molecular complexity index is 465. The fourth-order valence-corrected chi connectivity index (χ4v) is 1.83. The van der Waals surface area contributed by atoms with Gasteiger partial charge < -0.3 is 14.7 Å². The number of amidine groups is 1. The highest BCUT2D eigenvalue weighted by Crippen LogP contribution is 2.23. The lowest BCUT2D eigenvalue weighted by Crippen LogP contribution is -2.42. The topological polar surface area (TPSA) is 62.1 Å². The Morgan fingerprint density at radius 1 is 1.71 bits per heavy atom. The van der Waals surface area contributed by atoms with Crippen LogP contribution >= 0.6 is 15.9 Å². The summed E-state index contributed by atoms with van der Waals surface area (Å²) in [6.07, 6.45) is 5.44. The molecule has 5 nitrogen and oxygen atoms in total. The van der Waals surface area contributed by atoms with E-state index in [2.05, 4.69) is 20.9 Å². The fourth-order valence-electron chi connectivity index (χ4n) is 1.51. The number of rotatable bonds is 2. The zero-order valence-electron chi connectivity index (χ0n) is 9.13. The molecular formula is C11H11BrN2O3. The molecule has 0 spiro atoms. The van der Waals surface area contributed by atoms with Crippen LogP contribution in [0.4, 0.5) is 0 Å². The third-order valence-corrected chi connectivity index (χ3v) is 2.81. The van der Waals surface area contributed by atoms with E-state index in [9.17, 15) is 9.90 Å². The van der Waals surface area contributed by atoms with Crippen molar-refractivity contribution in [3.05, 3.63) is 34.6 Å². The molecule has 2 aliphatic rings. The van der Waals surface area contributed by atoms with Crippen molar-refractivity contribution in [2.24, 2.45) is 4.99 Å². The van der Waals surface area contributed by atoms with Gasteiger partial charge >= 0.3 is 5.97 Å². The average Bonchev–Trinajstić information content (AvgIpc) is 2.29. The Morgan fingerprint density at radius 2 is 2.47 bits per heavy atom. The van der Waals surface area contributed by atoms with Gasteiger partial charge in [-0.1, -0.05) is 15.9 Å². The van der Waals surface area contributed by atoms with Crippen LogP contribution in [0.5, 0.6) is 0 Å². The van der Waals surface area contributed by atoms with E-state index in [1.165, 1.54) is 11.1 Å². The molecule has 0 fully saturated rings. The normalized spacial score (nSPS) is 22.4. The number of halogens is 1. The Kier molecular flexibility index (Phi) is 3.44. The molecule has 0 bridgehead atoms. The lowest BCUT2D eigenvalue weighted by Gasteiger charge is -2.31. The molecule has 1 atom stereocenters. The van der Waals surface area contributed by atoms with Gasteiger partial charge in [0.05, 0.1) is 6.61 Å². The van der Waals surface area contributed by atoms with E-state index in [0.29, 0.717) is 5.84 Å². The zero-order chi connectivity index (χ0) is 12.4. The number of allylic oxidation sites excluding steroid dienone is 2. The monoisotopic (exact) mass is 298 g/mol. The molecule has 1 N–H and O–H groups in total. The molecule has 17 heavy (non-hydrogen) atoms. The van der Waals surface area contributed by atoms with E-state index in [1.807, 2.05) is 0 Å². The summed E-state index contributed by atoms with van der Waals surface area (Å²) < 4.78 is 5.70. The number of carbonyl (C=O) groups excluding carboxylic acids is 1. The van der Waals surface area contributed by atoms with Crippen LogP contribution in [0.1, 0.15) is 6.92 Å². The number of hydrogen-bond donors (Lipinski definition) is 1. The number of carbonyl (C=O) groups is 1. The average molecular weight is 299 g/mol. The quantitative estimate of drug-likeness (QED) is 0.780. The summed E-state index contributed by atoms with van der Waals surface area (Å²) in [4.78, 5) is 17.1. The number of aliphatic imine (C=N–C) groups is 1. The largest absolute Gasteiger partial charge is 0.462 e. The van der Waals surface area contributed by atoms with Crippen LogP contribution in [0.15, 0.2) is 39.6 Å². The molecule has 0 aromatic heterocycles. The van der Waals surface area contributed by atoms with E-state index < -0.39 is 12.2 Å². The van der Waals surface area contributed by atoms with E-state index in [4.69, 9.17) is 4.74 Å². The molecule has 0 aromatic rings. The molecule has 2 rings (SSSR count). The minimum atomic E-state index is -1.06. The number of hydrogen-bond acceptors (Lipinski definition) is 5. The van der Waals surface area contributed by atoms with Crippen molar-refractivity contribution in [1.29, 1.82) is 0 Å². The number of aliphatic hydroxyl groups excluding tert-OH is 1. The second-order valence-electron chi connectivity index (χ2n) is 3.42. The molecule has 0 aromatic carbocycles. The molecule has 0 saturated heterocycles. The first-order valence-corrected chi connectivity index (χ1v) is 5.89. The van der Waals surface area contributed by atoms with Crippen molar-refractivity contribution < 1.29 is 14.6 Å². The zero-order valence-corrected chi connectivity index (χ0v) is 10.7. The summed E-state index contributed by atoms with van der Waals surface area (Å²) in [5, 5.41) is 10.0. The van der Waals surface area contributed by atoms with Gasteiger partial charge in [-0.05, 0) is 19.1 Å². The molecule has 0 aliphatic carbocycles. The maximum atomic E-state index is 11.6. The fraction of sp³-hybridized carbons (Fsp3) is 0.273. The van der Waals surface area contributed by atoms with Gasteiger partial charge in [-0.2, -0.15) is 0 Å². The highest BCUT2D eigenvalue weighted by molar-refractivity contribution is 9.11. The van der Waals surface area contributed by atoms with Crippen LogP contribution in [-0.2, 0) is 9.53 Å². The standard InChI is InChI=1S/C11H11BrN2O3/c1-2-17-11(16)8-6-13-9-5-7(12)3-4-14(9)10(8)15/h3-6,10,15H,2H2,1H3/t10-/m0/s1. The second kappa shape index (κ2) is 4.85. The Hall–Kier alpha value is -1.40. The van der Waals surface area contributed by atoms with Crippen molar-refractivity contribution in [3.63, 3.8) is 0 Å². The summed E-state index contributed by atoms with van der Waals surface area (Å²) in [7, 11) is 0. The molecule has 2 aliphatic heterocycles. The molecule has 0 unspecified atom stereocenters. The first kappa shape index (κ1) is 12.1. The third-order valence-electron chi connectivity index (χ3n) is 2.31. The molecule has 0 radical (unpaired) electrons. The van der Waals surface area contributed by atoms with Crippen LogP contribution in [0.25, 0.3) is 0 Å². The molecule has 2 heterocycles. The van der Waals surface area contributed by atoms with Crippen molar-refractivity contribution in [3.8, 4) is 0 Å². The first-order chi connectivity index (χ1) is 8.13. The molecule has 0 amide bonds. The maximum Gasteiger partial charge on any atom is 0.340 e. The smallest absolute Gasteiger partial charge is 0.340 e. The van der Waals surface area contributed by atoms with Crippen molar-refractivity contribution in [1.82, 2.24) is 4.90 Å². The van der Waals surface area contributed by atoms with E-state index in [1.54, 1.807) is 25.3 Å². The van der Waals surface area contributed by atoms with Gasteiger partial charge in [-0.3, -0.25) is 0 Å². The number of aliphatic hydroxyl groups is 1. The highest BCUT2D eigenvalue weighted by Gasteiger charge is 2.30. The number of fused-ring (bicyclic) bond motifs is 1. The first-order valence-electron chi connectivity index (χ1n) is 5.10. The van der Waals surface area contributed by atoms with E-state index in [-0.39, 0.29) is 12.2 Å². The number of esters is 1. The second-order valence-corrected chi connectivity index (χ2v) is 4.33. The predicted octanol–water partition coefficient (Wildman–Crippen LogP) is 1.27. The van der Waals surface area contributed by atoms with Gasteiger partial charge in [0, 0.05) is 16.9 Å². The minimum absolute atomic E-state index is 0.131. The van der Waals surface area contributed by atoms with Crippen molar-refractivity contribution in [2.75, 3.05) is 6.61 Å². The summed E-state index contributed by atoms with van der Waals surface area (Å²) in [6.45, 7) is 1.98. The lowest BCUT2D eigenvalue weighted by atomic mass is 10.1. The van der Waals surface area contributed by atoms with Crippen LogP contribution in [0.2, 0.25) is 0 Å². The van der Waals surface area contributed by atoms with E-state index >= 15 is 0 Å². The molecular weight excluding hydrogens is 288 g/mol. The highest BCUT2D eigenvalue weighted by atomic mass is 79.9.